The highest BCUT2D eigenvalue weighted by molar-refractivity contribution is 7.74. The van der Waals surface area contributed by atoms with E-state index in [1.807, 2.05) is 6.08 Å². The monoisotopic (exact) mass is 366 g/mol. The highest BCUT2D eigenvalue weighted by Crippen LogP contribution is 2.08. The van der Waals surface area contributed by atoms with E-state index >= 15 is 0 Å². The minimum absolute atomic E-state index is 0.0983. The summed E-state index contributed by atoms with van der Waals surface area (Å²) in [5.74, 6) is 0. The van der Waals surface area contributed by atoms with Crippen LogP contribution in [0.15, 0.2) is 12.7 Å². The van der Waals surface area contributed by atoms with Gasteiger partial charge in [0, 0.05) is 6.61 Å². The molecule has 0 saturated carbocycles. The number of allylic oxidation sites excluding steroid dienone is 1. The first kappa shape index (κ1) is 23.7. The molecule has 1 unspecified atom stereocenters. The third-order valence-corrected chi connectivity index (χ3v) is 3.72. The van der Waals surface area contributed by atoms with Crippen LogP contribution in [0.4, 0.5) is 0 Å². The summed E-state index contributed by atoms with van der Waals surface area (Å²) in [5, 5.41) is 0. The second kappa shape index (κ2) is 20.7. The highest BCUT2D eigenvalue weighted by atomic mass is 32.2. The van der Waals surface area contributed by atoms with E-state index in [-0.39, 0.29) is 13.2 Å². The molecular formula is C17H34O6S. The quantitative estimate of drug-likeness (QED) is 0.202. The van der Waals surface area contributed by atoms with E-state index in [0.717, 1.165) is 19.4 Å². The summed E-state index contributed by atoms with van der Waals surface area (Å²) in [6.45, 7) is 6.99. The van der Waals surface area contributed by atoms with Crippen LogP contribution < -0.4 is 0 Å². The molecule has 1 atom stereocenters. The van der Waals surface area contributed by atoms with Crippen molar-refractivity contribution in [2.45, 2.75) is 51.4 Å². The molecule has 0 radical (unpaired) electrons. The van der Waals surface area contributed by atoms with E-state index in [1.54, 1.807) is 0 Å². The van der Waals surface area contributed by atoms with Crippen molar-refractivity contribution in [3.05, 3.63) is 12.7 Å². The van der Waals surface area contributed by atoms with Crippen LogP contribution in [0.2, 0.25) is 0 Å². The summed E-state index contributed by atoms with van der Waals surface area (Å²) in [7, 11) is 0. The molecule has 1 N–H and O–H groups in total. The summed E-state index contributed by atoms with van der Waals surface area (Å²) < 4.78 is 38.9. The van der Waals surface area contributed by atoms with Gasteiger partial charge < -0.3 is 14.2 Å². The van der Waals surface area contributed by atoms with E-state index in [0.29, 0.717) is 26.4 Å². The van der Waals surface area contributed by atoms with Crippen LogP contribution >= 0.6 is 0 Å². The third-order valence-electron chi connectivity index (χ3n) is 3.35. The Labute approximate surface area is 149 Å². The van der Waals surface area contributed by atoms with Gasteiger partial charge in [0.1, 0.15) is 0 Å². The third kappa shape index (κ3) is 21.7. The molecule has 0 saturated heterocycles. The fourth-order valence-electron chi connectivity index (χ4n) is 2.08. The summed E-state index contributed by atoms with van der Waals surface area (Å²) in [4.78, 5) is 0. The Hall–Kier alpha value is -0.310. The lowest BCUT2D eigenvalue weighted by atomic mass is 10.1. The average Bonchev–Trinajstić information content (AvgIpc) is 2.56. The van der Waals surface area contributed by atoms with Crippen LogP contribution in [-0.2, 0) is 29.8 Å². The van der Waals surface area contributed by atoms with Crippen molar-refractivity contribution >= 4 is 11.4 Å². The van der Waals surface area contributed by atoms with Gasteiger partial charge in [0.15, 0.2) is 0 Å². The molecule has 7 heteroatoms. The lowest BCUT2D eigenvalue weighted by Crippen LogP contribution is -2.12. The fraction of sp³-hybridized carbons (Fsp3) is 0.882. The van der Waals surface area contributed by atoms with Gasteiger partial charge in [-0.3, -0.25) is 8.74 Å². The highest BCUT2D eigenvalue weighted by Gasteiger charge is 1.95. The molecule has 24 heavy (non-hydrogen) atoms. The first-order chi connectivity index (χ1) is 11.8. The summed E-state index contributed by atoms with van der Waals surface area (Å²) in [5.41, 5.74) is 0. The molecule has 144 valence electrons. The number of hydrogen-bond donors (Lipinski definition) is 1. The molecule has 0 amide bonds. The normalized spacial score (nSPS) is 12.4. The molecule has 0 aliphatic carbocycles. The Morgan fingerprint density at radius 3 is 1.71 bits per heavy atom. The van der Waals surface area contributed by atoms with Crippen LogP contribution in [0.3, 0.4) is 0 Å². The molecule has 0 bridgehead atoms. The maximum atomic E-state index is 10.2. The second-order valence-corrected chi connectivity index (χ2v) is 6.10. The first-order valence-electron chi connectivity index (χ1n) is 8.85. The van der Waals surface area contributed by atoms with E-state index in [4.69, 9.17) is 18.8 Å². The Bertz CT molecular complexity index is 288. The molecule has 0 aliphatic heterocycles. The van der Waals surface area contributed by atoms with Crippen molar-refractivity contribution in [1.82, 2.24) is 0 Å². The first-order valence-corrected chi connectivity index (χ1v) is 9.88. The van der Waals surface area contributed by atoms with E-state index in [2.05, 4.69) is 10.8 Å². The molecule has 0 aromatic carbocycles. The van der Waals surface area contributed by atoms with E-state index in [1.165, 1.54) is 38.5 Å². The Kier molecular flexibility index (Phi) is 20.5. The van der Waals surface area contributed by atoms with Crippen LogP contribution in [0.25, 0.3) is 0 Å². The van der Waals surface area contributed by atoms with Gasteiger partial charge in [0.25, 0.3) is 0 Å². The van der Waals surface area contributed by atoms with E-state index < -0.39 is 11.4 Å². The molecule has 0 aromatic rings. The molecule has 0 fully saturated rings. The number of ether oxygens (including phenoxy) is 3. The van der Waals surface area contributed by atoms with Gasteiger partial charge in [-0.25, -0.2) is 0 Å². The topological polar surface area (TPSA) is 74.2 Å². The minimum atomic E-state index is -2.22. The molecule has 0 aliphatic rings. The maximum Gasteiger partial charge on any atom is 0.301 e. The zero-order valence-electron chi connectivity index (χ0n) is 14.8. The lowest BCUT2D eigenvalue weighted by molar-refractivity contribution is 0.00904. The smallest absolute Gasteiger partial charge is 0.301 e. The van der Waals surface area contributed by atoms with Crippen molar-refractivity contribution < 1.29 is 27.2 Å². The number of hydrogen-bond acceptors (Lipinski definition) is 5. The van der Waals surface area contributed by atoms with Gasteiger partial charge in [0.2, 0.25) is 0 Å². The van der Waals surface area contributed by atoms with Crippen LogP contribution in [0, 0.1) is 0 Å². The van der Waals surface area contributed by atoms with Crippen molar-refractivity contribution in [2.75, 3.05) is 46.2 Å². The van der Waals surface area contributed by atoms with Gasteiger partial charge in [-0.1, -0.05) is 38.2 Å². The maximum absolute atomic E-state index is 10.2. The Balaban J connectivity index is 2.98. The largest absolute Gasteiger partial charge is 0.379 e. The van der Waals surface area contributed by atoms with Gasteiger partial charge in [-0.2, -0.15) is 4.21 Å². The SMILES string of the molecule is C=CCCCCCCCCCOCCOCCOCCOS(=O)O. The van der Waals surface area contributed by atoms with Crippen molar-refractivity contribution in [3.63, 3.8) is 0 Å². The minimum Gasteiger partial charge on any atom is -0.379 e. The van der Waals surface area contributed by atoms with E-state index in [9.17, 15) is 4.21 Å². The van der Waals surface area contributed by atoms with Gasteiger partial charge in [-0.15, -0.1) is 6.58 Å². The van der Waals surface area contributed by atoms with Crippen LogP contribution in [0.1, 0.15) is 51.4 Å². The molecular weight excluding hydrogens is 332 g/mol. The molecule has 0 heterocycles. The fourth-order valence-corrected chi connectivity index (χ4v) is 2.29. The van der Waals surface area contributed by atoms with Gasteiger partial charge >= 0.3 is 11.4 Å². The summed E-state index contributed by atoms with van der Waals surface area (Å²) >= 11 is -2.22. The zero-order valence-corrected chi connectivity index (χ0v) is 15.6. The molecule has 6 nitrogen and oxygen atoms in total. The van der Waals surface area contributed by atoms with Crippen molar-refractivity contribution in [1.29, 1.82) is 0 Å². The Morgan fingerprint density at radius 1 is 0.708 bits per heavy atom. The lowest BCUT2D eigenvalue weighted by Gasteiger charge is -2.06. The second-order valence-electron chi connectivity index (χ2n) is 5.43. The Morgan fingerprint density at radius 2 is 1.17 bits per heavy atom. The van der Waals surface area contributed by atoms with Crippen molar-refractivity contribution in [2.24, 2.45) is 0 Å². The number of rotatable bonds is 20. The summed E-state index contributed by atoms with van der Waals surface area (Å²) in [6, 6.07) is 0. The predicted molar refractivity (Wildman–Crippen MR) is 96.3 cm³/mol. The molecule has 0 aromatic heterocycles. The number of unbranched alkanes of at least 4 members (excludes halogenated alkanes) is 7. The average molecular weight is 367 g/mol. The van der Waals surface area contributed by atoms with Gasteiger partial charge in [0.05, 0.1) is 39.6 Å². The molecule has 0 rings (SSSR count). The predicted octanol–water partition coefficient (Wildman–Crippen LogP) is 3.50. The van der Waals surface area contributed by atoms with Gasteiger partial charge in [-0.05, 0) is 19.3 Å². The van der Waals surface area contributed by atoms with Crippen LogP contribution in [0.5, 0.6) is 0 Å². The molecule has 0 spiro atoms. The zero-order chi connectivity index (χ0) is 17.7. The van der Waals surface area contributed by atoms with Crippen LogP contribution in [-0.4, -0.2) is 55.0 Å². The summed E-state index contributed by atoms with van der Waals surface area (Å²) in [6.07, 6.45) is 12.0. The van der Waals surface area contributed by atoms with Crippen molar-refractivity contribution in [3.8, 4) is 0 Å². The standard InChI is InChI=1S/C17H34O6S/c1-2-3-4-5-6-7-8-9-10-11-20-12-13-21-14-15-22-16-17-23-24(18)19/h2H,1,3-17H2,(H,18,19).